The van der Waals surface area contributed by atoms with Crippen LogP contribution in [0.5, 0.6) is 0 Å². The van der Waals surface area contributed by atoms with Crippen LogP contribution in [0.25, 0.3) is 0 Å². The van der Waals surface area contributed by atoms with E-state index >= 15 is 0 Å². The molecule has 0 bridgehead atoms. The number of carbonyl (C=O) groups is 1. The summed E-state index contributed by atoms with van der Waals surface area (Å²) in [7, 11) is 2.07. The number of nitrogens with zero attached hydrogens (tertiary/aromatic N) is 1. The van der Waals surface area contributed by atoms with Crippen molar-refractivity contribution in [3.8, 4) is 11.8 Å². The van der Waals surface area contributed by atoms with Crippen molar-refractivity contribution in [3.05, 3.63) is 21.4 Å². The molecule has 0 spiro atoms. The van der Waals surface area contributed by atoms with Gasteiger partial charge in [0.15, 0.2) is 0 Å². The van der Waals surface area contributed by atoms with E-state index in [2.05, 4.69) is 29.1 Å². The molecular formula is C14H19N3OS. The third-order valence-electron chi connectivity index (χ3n) is 3.17. The molecule has 5 heteroatoms. The fourth-order valence-corrected chi connectivity index (χ4v) is 3.11. The molecule has 1 aliphatic heterocycles. The van der Waals surface area contributed by atoms with Crippen LogP contribution in [-0.2, 0) is 0 Å². The maximum Gasteiger partial charge on any atom is 0.261 e. The molecule has 0 aliphatic carbocycles. The minimum Gasteiger partial charge on any atom is -0.347 e. The van der Waals surface area contributed by atoms with Gasteiger partial charge in [-0.3, -0.25) is 4.79 Å². The zero-order valence-electron chi connectivity index (χ0n) is 11.3. The van der Waals surface area contributed by atoms with Gasteiger partial charge < -0.3 is 16.0 Å². The van der Waals surface area contributed by atoms with Crippen molar-refractivity contribution in [2.45, 2.75) is 19.4 Å². The van der Waals surface area contributed by atoms with Crippen molar-refractivity contribution in [2.24, 2.45) is 5.73 Å². The Balaban J connectivity index is 2.03. The average molecular weight is 277 g/mol. The minimum absolute atomic E-state index is 0.00852. The van der Waals surface area contributed by atoms with Gasteiger partial charge in [-0.2, -0.15) is 0 Å². The van der Waals surface area contributed by atoms with E-state index in [0.29, 0.717) is 6.54 Å². The number of carbonyl (C=O) groups excluding carboxylic acids is 1. The lowest BCUT2D eigenvalue weighted by Gasteiger charge is -2.11. The molecule has 1 saturated heterocycles. The van der Waals surface area contributed by atoms with Crippen LogP contribution in [0.15, 0.2) is 6.07 Å². The number of hydrogen-bond acceptors (Lipinski definition) is 4. The van der Waals surface area contributed by atoms with E-state index < -0.39 is 0 Å². The van der Waals surface area contributed by atoms with Crippen LogP contribution in [0, 0.1) is 18.8 Å². The van der Waals surface area contributed by atoms with Crippen LogP contribution in [-0.4, -0.2) is 43.5 Å². The zero-order chi connectivity index (χ0) is 13.8. The Kier molecular flexibility index (Phi) is 4.59. The lowest BCUT2D eigenvalue weighted by atomic mass is 10.2. The number of rotatable bonds is 2. The number of aryl methyl sites for hydroxylation is 1. The van der Waals surface area contributed by atoms with E-state index in [1.54, 1.807) is 0 Å². The molecule has 3 N–H and O–H groups in total. The molecule has 1 atom stereocenters. The maximum absolute atomic E-state index is 12.2. The van der Waals surface area contributed by atoms with Gasteiger partial charge in [-0.1, -0.05) is 11.8 Å². The fraction of sp³-hybridized carbons (Fsp3) is 0.500. The number of likely N-dealkylation sites (tertiary alicyclic amines) is 1. The normalized spacial score (nSPS) is 19.0. The van der Waals surface area contributed by atoms with Gasteiger partial charge >= 0.3 is 0 Å². The van der Waals surface area contributed by atoms with Gasteiger partial charge in [0.1, 0.15) is 0 Å². The molecule has 1 unspecified atom stereocenters. The van der Waals surface area contributed by atoms with Gasteiger partial charge in [0.05, 0.1) is 16.3 Å². The summed E-state index contributed by atoms with van der Waals surface area (Å²) in [4.78, 5) is 16.0. The summed E-state index contributed by atoms with van der Waals surface area (Å²) in [6.45, 7) is 4.28. The second-order valence-electron chi connectivity index (χ2n) is 4.85. The molecule has 1 aliphatic rings. The van der Waals surface area contributed by atoms with Gasteiger partial charge in [-0.15, -0.1) is 11.3 Å². The Bertz CT molecular complexity index is 527. The summed E-state index contributed by atoms with van der Waals surface area (Å²) in [5.41, 5.74) is 6.40. The highest BCUT2D eigenvalue weighted by Gasteiger charge is 2.22. The molecule has 1 aromatic heterocycles. The first kappa shape index (κ1) is 14.1. The predicted octanol–water partition coefficient (Wildman–Crippen LogP) is 0.801. The van der Waals surface area contributed by atoms with Crippen molar-refractivity contribution in [2.75, 3.05) is 26.7 Å². The molecule has 0 saturated carbocycles. The van der Waals surface area contributed by atoms with Gasteiger partial charge in [-0.25, -0.2) is 0 Å². The van der Waals surface area contributed by atoms with Crippen LogP contribution in [0.1, 0.15) is 26.5 Å². The molecule has 0 radical (unpaired) electrons. The highest BCUT2D eigenvalue weighted by molar-refractivity contribution is 7.14. The van der Waals surface area contributed by atoms with Gasteiger partial charge in [-0.05, 0) is 38.6 Å². The van der Waals surface area contributed by atoms with Crippen molar-refractivity contribution in [3.63, 3.8) is 0 Å². The lowest BCUT2D eigenvalue weighted by Crippen LogP contribution is -2.36. The number of hydrogen-bond donors (Lipinski definition) is 2. The fourth-order valence-electron chi connectivity index (χ4n) is 2.16. The Morgan fingerprint density at radius 2 is 2.47 bits per heavy atom. The largest absolute Gasteiger partial charge is 0.347 e. The molecule has 1 fully saturated rings. The highest BCUT2D eigenvalue weighted by Crippen LogP contribution is 2.21. The Labute approximate surface area is 118 Å². The van der Waals surface area contributed by atoms with E-state index in [9.17, 15) is 4.79 Å². The van der Waals surface area contributed by atoms with Crippen molar-refractivity contribution in [1.82, 2.24) is 10.2 Å². The van der Waals surface area contributed by atoms with E-state index in [1.165, 1.54) is 11.3 Å². The summed E-state index contributed by atoms with van der Waals surface area (Å²) < 4.78 is 0. The van der Waals surface area contributed by atoms with Gasteiger partial charge in [0, 0.05) is 12.6 Å². The number of nitrogens with two attached hydrogens (primary N) is 1. The first-order valence-electron chi connectivity index (χ1n) is 6.39. The Morgan fingerprint density at radius 1 is 1.68 bits per heavy atom. The second-order valence-corrected chi connectivity index (χ2v) is 5.90. The second kappa shape index (κ2) is 6.20. The number of amides is 1. The van der Waals surface area contributed by atoms with E-state index in [4.69, 9.17) is 5.73 Å². The number of likely N-dealkylation sites (N-methyl/N-ethyl adjacent to an activating group) is 1. The van der Waals surface area contributed by atoms with Crippen LogP contribution >= 0.6 is 11.3 Å². The monoisotopic (exact) mass is 277 g/mol. The van der Waals surface area contributed by atoms with Crippen LogP contribution in [0.2, 0.25) is 0 Å². The highest BCUT2D eigenvalue weighted by atomic mass is 32.1. The lowest BCUT2D eigenvalue weighted by molar-refractivity contribution is 0.0942. The van der Waals surface area contributed by atoms with Crippen molar-refractivity contribution in [1.29, 1.82) is 0 Å². The third-order valence-corrected chi connectivity index (χ3v) is 4.32. The van der Waals surface area contributed by atoms with Gasteiger partial charge in [0.25, 0.3) is 5.91 Å². The van der Waals surface area contributed by atoms with Crippen molar-refractivity contribution < 1.29 is 4.79 Å². The molecule has 2 heterocycles. The maximum atomic E-state index is 12.2. The number of nitrogens with one attached hydrogen (secondary N) is 1. The molecule has 4 nitrogen and oxygen atoms in total. The molecule has 1 aromatic rings. The SMILES string of the molecule is Cc1cc(C(=O)NC2CCN(C)C2)sc1C#CCN. The number of thiophene rings is 1. The standard InChI is InChI=1S/C14H19N3OS/c1-10-8-13(19-12(10)4-3-6-15)14(18)16-11-5-7-17(2)9-11/h8,11H,5-7,9,15H2,1-2H3,(H,16,18). The smallest absolute Gasteiger partial charge is 0.261 e. The Morgan fingerprint density at radius 3 is 3.11 bits per heavy atom. The molecule has 1 amide bonds. The van der Waals surface area contributed by atoms with Crippen LogP contribution in [0.3, 0.4) is 0 Å². The predicted molar refractivity (Wildman–Crippen MR) is 78.4 cm³/mol. The summed E-state index contributed by atoms with van der Waals surface area (Å²) >= 11 is 1.44. The summed E-state index contributed by atoms with van der Waals surface area (Å²) in [5, 5.41) is 3.08. The van der Waals surface area contributed by atoms with Crippen molar-refractivity contribution >= 4 is 17.2 Å². The third kappa shape index (κ3) is 3.57. The molecular weight excluding hydrogens is 258 g/mol. The molecule has 2 rings (SSSR count). The zero-order valence-corrected chi connectivity index (χ0v) is 12.1. The van der Waals surface area contributed by atoms with Crippen LogP contribution < -0.4 is 11.1 Å². The molecule has 102 valence electrons. The summed E-state index contributed by atoms with van der Waals surface area (Å²) in [5.74, 6) is 5.84. The summed E-state index contributed by atoms with van der Waals surface area (Å²) in [6, 6.07) is 2.16. The minimum atomic E-state index is 0.00852. The average Bonchev–Trinajstić information content (AvgIpc) is 2.93. The Hall–Kier alpha value is -1.35. The first-order valence-corrected chi connectivity index (χ1v) is 7.20. The van der Waals surface area contributed by atoms with Gasteiger partial charge in [0.2, 0.25) is 0 Å². The van der Waals surface area contributed by atoms with Crippen LogP contribution in [0.4, 0.5) is 0 Å². The summed E-state index contributed by atoms with van der Waals surface area (Å²) in [6.07, 6.45) is 1.02. The molecule has 0 aromatic carbocycles. The topological polar surface area (TPSA) is 58.4 Å². The first-order chi connectivity index (χ1) is 9.10. The van der Waals surface area contributed by atoms with E-state index in [-0.39, 0.29) is 11.9 Å². The molecule has 19 heavy (non-hydrogen) atoms. The quantitative estimate of drug-likeness (QED) is 0.786. The van der Waals surface area contributed by atoms with E-state index in [0.717, 1.165) is 34.8 Å². The van der Waals surface area contributed by atoms with E-state index in [1.807, 2.05) is 13.0 Å².